The van der Waals surface area contributed by atoms with Gasteiger partial charge in [0.05, 0.1) is 17.0 Å². The number of carbonyl (C=O) groups is 1. The van der Waals surface area contributed by atoms with E-state index in [-0.39, 0.29) is 0 Å². The number of nitrogens with one attached hydrogen (secondary N) is 3. The summed E-state index contributed by atoms with van der Waals surface area (Å²) in [5.41, 5.74) is 4.44. The zero-order chi connectivity index (χ0) is 19.9. The van der Waals surface area contributed by atoms with Gasteiger partial charge < -0.3 is 15.5 Å². The number of anilines is 2. The molecule has 0 spiro atoms. The van der Waals surface area contributed by atoms with Crippen molar-refractivity contribution in [2.24, 2.45) is 0 Å². The Kier molecular flexibility index (Phi) is 6.39. The Hall–Kier alpha value is -3.19. The van der Waals surface area contributed by atoms with Gasteiger partial charge in [0.15, 0.2) is 0 Å². The second kappa shape index (κ2) is 9.14. The molecule has 0 bridgehead atoms. The highest BCUT2D eigenvalue weighted by Crippen LogP contribution is 2.22. The second-order valence-corrected chi connectivity index (χ2v) is 6.75. The van der Waals surface area contributed by atoms with Crippen LogP contribution in [0.1, 0.15) is 11.3 Å². The van der Waals surface area contributed by atoms with Crippen molar-refractivity contribution in [3.8, 4) is 0 Å². The van der Waals surface area contributed by atoms with Crippen LogP contribution in [0.25, 0.3) is 23.1 Å². The van der Waals surface area contributed by atoms with Gasteiger partial charge in [0.2, 0.25) is 6.41 Å². The Balaban J connectivity index is 1.77. The Morgan fingerprint density at radius 1 is 1.25 bits per heavy atom. The van der Waals surface area contributed by atoms with Crippen LogP contribution < -0.4 is 10.6 Å². The van der Waals surface area contributed by atoms with Gasteiger partial charge in [-0.15, -0.1) is 0 Å². The first-order valence-electron chi connectivity index (χ1n) is 8.85. The van der Waals surface area contributed by atoms with Gasteiger partial charge in [0.1, 0.15) is 0 Å². The minimum Gasteiger partial charge on any atom is -0.361 e. The largest absolute Gasteiger partial charge is 0.361 e. The molecular weight excluding hydrogens is 370 g/mol. The molecule has 6 nitrogen and oxygen atoms in total. The van der Waals surface area contributed by atoms with E-state index in [0.717, 1.165) is 51.7 Å². The van der Waals surface area contributed by atoms with Crippen LogP contribution in [-0.2, 0) is 4.79 Å². The van der Waals surface area contributed by atoms with Gasteiger partial charge in [-0.1, -0.05) is 24.8 Å². The zero-order valence-corrected chi connectivity index (χ0v) is 16.5. The number of carbonyl (C=O) groups excluding carboxylic acids is 1. The molecule has 3 N–H and O–H groups in total. The number of H-pyrrole nitrogens is 1. The number of aromatic amines is 1. The fourth-order valence-corrected chi connectivity index (χ4v) is 3.06. The molecular formula is C21H23N5OS. The lowest BCUT2D eigenvalue weighted by Gasteiger charge is -2.22. The zero-order valence-electron chi connectivity index (χ0n) is 15.6. The highest BCUT2D eigenvalue weighted by Gasteiger charge is 2.05. The molecule has 28 heavy (non-hydrogen) atoms. The van der Waals surface area contributed by atoms with Gasteiger partial charge in [0.25, 0.3) is 0 Å². The van der Waals surface area contributed by atoms with Crippen LogP contribution >= 0.6 is 12.6 Å². The average Bonchev–Trinajstić information content (AvgIpc) is 3.09. The minimum absolute atomic E-state index is 0.663. The summed E-state index contributed by atoms with van der Waals surface area (Å²) in [6.07, 6.45) is 4.61. The minimum atomic E-state index is 0.663. The summed E-state index contributed by atoms with van der Waals surface area (Å²) in [5.74, 6) is 1.59. The first-order valence-corrected chi connectivity index (χ1v) is 9.48. The molecule has 0 aliphatic rings. The van der Waals surface area contributed by atoms with E-state index < -0.39 is 0 Å². The molecule has 0 atom stereocenters. The maximum atomic E-state index is 10.7. The highest BCUT2D eigenvalue weighted by atomic mass is 32.1. The molecule has 1 aromatic heterocycles. The summed E-state index contributed by atoms with van der Waals surface area (Å²) in [6.45, 7) is 4.88. The maximum absolute atomic E-state index is 10.7. The third-order valence-corrected chi connectivity index (χ3v) is 4.52. The van der Waals surface area contributed by atoms with Crippen LogP contribution in [-0.4, -0.2) is 40.9 Å². The van der Waals surface area contributed by atoms with Crippen molar-refractivity contribution in [1.29, 1.82) is 0 Å². The lowest BCUT2D eigenvalue weighted by molar-refractivity contribution is -0.105. The molecule has 1 heterocycles. The molecule has 3 rings (SSSR count). The molecule has 0 saturated heterocycles. The van der Waals surface area contributed by atoms with E-state index in [9.17, 15) is 4.79 Å². The van der Waals surface area contributed by atoms with Crippen molar-refractivity contribution in [3.63, 3.8) is 0 Å². The number of nitrogens with zero attached hydrogens (tertiary/aromatic N) is 2. The molecule has 0 aliphatic heterocycles. The predicted molar refractivity (Wildman–Crippen MR) is 120 cm³/mol. The summed E-state index contributed by atoms with van der Waals surface area (Å²) >= 11 is 4.25. The lowest BCUT2D eigenvalue weighted by atomic mass is 10.1. The summed E-state index contributed by atoms with van der Waals surface area (Å²) < 4.78 is 0. The molecule has 0 radical (unpaired) electrons. The Bertz CT molecular complexity index is 1010. The molecule has 1 amide bonds. The molecule has 0 saturated carbocycles. The average molecular weight is 394 g/mol. The van der Waals surface area contributed by atoms with Crippen molar-refractivity contribution in [2.75, 3.05) is 30.0 Å². The van der Waals surface area contributed by atoms with Crippen molar-refractivity contribution < 1.29 is 4.79 Å². The van der Waals surface area contributed by atoms with Crippen LogP contribution in [0.15, 0.2) is 54.9 Å². The van der Waals surface area contributed by atoms with E-state index in [4.69, 9.17) is 0 Å². The summed E-state index contributed by atoms with van der Waals surface area (Å²) in [7, 11) is 1.98. The standard InChI is InChI=1S/C21H23N5OS/c1-15(26(2)10-11-28)23-18-5-3-4-16(12-18)6-8-20-19-13-17(22-14-27)7-9-21(19)25-24-20/h3-9,12-14,23,28H,1,10-11H2,2H3,(H,22,27)(H,24,25)/b8-6+. The SMILES string of the molecule is C=C(Nc1cccc(/C=C/c2n[nH]c3ccc(NC=O)cc23)c1)N(C)CCS. The van der Waals surface area contributed by atoms with Crippen molar-refractivity contribution in [2.45, 2.75) is 0 Å². The first kappa shape index (κ1) is 19.6. The number of hydrogen-bond acceptors (Lipinski definition) is 5. The summed E-state index contributed by atoms with van der Waals surface area (Å²) in [5, 5.41) is 14.3. The van der Waals surface area contributed by atoms with Crippen molar-refractivity contribution in [3.05, 3.63) is 66.1 Å². The van der Waals surface area contributed by atoms with Crippen molar-refractivity contribution >= 4 is 53.5 Å². The molecule has 2 aromatic carbocycles. The summed E-state index contributed by atoms with van der Waals surface area (Å²) in [6, 6.07) is 13.7. The monoisotopic (exact) mass is 393 g/mol. The molecule has 3 aromatic rings. The molecule has 0 aliphatic carbocycles. The quantitative estimate of drug-likeness (QED) is 0.327. The number of aromatic nitrogens is 2. The van der Waals surface area contributed by atoms with E-state index in [1.807, 2.05) is 66.6 Å². The van der Waals surface area contributed by atoms with E-state index in [1.54, 1.807) is 0 Å². The Morgan fingerprint density at radius 3 is 2.89 bits per heavy atom. The lowest BCUT2D eigenvalue weighted by Crippen LogP contribution is -2.24. The van der Waals surface area contributed by atoms with Crippen LogP contribution in [0.3, 0.4) is 0 Å². The van der Waals surface area contributed by atoms with Gasteiger partial charge in [0, 0.05) is 36.1 Å². The maximum Gasteiger partial charge on any atom is 0.211 e. The molecule has 0 unspecified atom stereocenters. The molecule has 0 fully saturated rings. The van der Waals surface area contributed by atoms with Crippen LogP contribution in [0.4, 0.5) is 11.4 Å². The Labute approximate surface area is 169 Å². The van der Waals surface area contributed by atoms with Gasteiger partial charge >= 0.3 is 0 Å². The smallest absolute Gasteiger partial charge is 0.211 e. The van der Waals surface area contributed by atoms with Gasteiger partial charge in [-0.05, 0) is 42.0 Å². The fraction of sp³-hybridized carbons (Fsp3) is 0.143. The third-order valence-electron chi connectivity index (χ3n) is 4.32. The van der Waals surface area contributed by atoms with Crippen LogP contribution in [0.5, 0.6) is 0 Å². The molecule has 144 valence electrons. The van der Waals surface area contributed by atoms with E-state index in [2.05, 4.69) is 40.0 Å². The van der Waals surface area contributed by atoms with Gasteiger partial charge in [-0.2, -0.15) is 17.7 Å². The number of thiol groups is 1. The van der Waals surface area contributed by atoms with Gasteiger partial charge in [-0.3, -0.25) is 9.89 Å². The predicted octanol–water partition coefficient (Wildman–Crippen LogP) is 4.05. The molecule has 7 heteroatoms. The number of rotatable bonds is 9. The fourth-order valence-electron chi connectivity index (χ4n) is 2.76. The number of benzene rings is 2. The third kappa shape index (κ3) is 4.75. The van der Waals surface area contributed by atoms with E-state index in [0.29, 0.717) is 6.41 Å². The van der Waals surface area contributed by atoms with Crippen LogP contribution in [0.2, 0.25) is 0 Å². The first-order chi connectivity index (χ1) is 13.6. The van der Waals surface area contributed by atoms with Crippen molar-refractivity contribution in [1.82, 2.24) is 15.1 Å². The highest BCUT2D eigenvalue weighted by molar-refractivity contribution is 7.80. The summed E-state index contributed by atoms with van der Waals surface area (Å²) in [4.78, 5) is 12.7. The van der Waals surface area contributed by atoms with Gasteiger partial charge in [-0.25, -0.2) is 0 Å². The number of hydrogen-bond donors (Lipinski definition) is 4. The normalized spacial score (nSPS) is 10.9. The van der Waals surface area contributed by atoms with E-state index in [1.165, 1.54) is 0 Å². The van der Waals surface area contributed by atoms with E-state index >= 15 is 0 Å². The number of amides is 1. The number of fused-ring (bicyclic) bond motifs is 1. The van der Waals surface area contributed by atoms with Crippen LogP contribution in [0, 0.1) is 0 Å². The topological polar surface area (TPSA) is 73.0 Å². The second-order valence-electron chi connectivity index (χ2n) is 6.31. The Morgan fingerprint density at radius 2 is 2.11 bits per heavy atom.